The van der Waals surface area contributed by atoms with E-state index in [4.69, 9.17) is 5.26 Å². The van der Waals surface area contributed by atoms with Gasteiger partial charge in [0.25, 0.3) is 0 Å². The highest BCUT2D eigenvalue weighted by atomic mass is 14.2. The molecule has 0 heterocycles. The fraction of sp³-hybridized carbons (Fsp3) is 0.692. The molecule has 0 aromatic heterocycles. The molecule has 1 heteroatoms. The molecule has 0 aromatic carbocycles. The zero-order chi connectivity index (χ0) is 10.2. The SMILES string of the molecule is CCCCC(=C=C1CCCCC1)C#N. The number of allylic oxidation sites excluding steroid dienone is 1. The third kappa shape index (κ3) is 3.81. The molecule has 0 radical (unpaired) electrons. The number of rotatable bonds is 3. The molecular weight excluding hydrogens is 170 g/mol. The van der Waals surface area contributed by atoms with E-state index in [1.54, 1.807) is 0 Å². The second kappa shape index (κ2) is 6.46. The second-order valence-corrected chi connectivity index (χ2v) is 3.98. The standard InChI is InChI=1S/C13H19N/c1-2-3-7-13(11-14)10-12-8-5-4-6-9-12/h2-9H2,1H3. The Labute approximate surface area is 87.1 Å². The van der Waals surface area contributed by atoms with E-state index in [0.29, 0.717) is 0 Å². The van der Waals surface area contributed by atoms with Crippen molar-refractivity contribution in [2.45, 2.75) is 58.3 Å². The Bertz CT molecular complexity index is 266. The Morgan fingerprint density at radius 2 is 2.00 bits per heavy atom. The molecule has 0 amide bonds. The third-order valence-electron chi connectivity index (χ3n) is 2.70. The van der Waals surface area contributed by atoms with Gasteiger partial charge in [0.2, 0.25) is 0 Å². The lowest BCUT2D eigenvalue weighted by Gasteiger charge is -2.10. The van der Waals surface area contributed by atoms with Gasteiger partial charge in [0, 0.05) is 0 Å². The number of nitrogens with zero attached hydrogens (tertiary/aromatic N) is 1. The van der Waals surface area contributed by atoms with Crippen LogP contribution >= 0.6 is 0 Å². The van der Waals surface area contributed by atoms with Crippen LogP contribution in [0.3, 0.4) is 0 Å². The van der Waals surface area contributed by atoms with Crippen LogP contribution in [0, 0.1) is 11.3 Å². The monoisotopic (exact) mass is 189 g/mol. The smallest absolute Gasteiger partial charge is 0.103 e. The van der Waals surface area contributed by atoms with Gasteiger partial charge in [-0.2, -0.15) is 5.26 Å². The molecule has 1 aliphatic rings. The van der Waals surface area contributed by atoms with Gasteiger partial charge in [-0.15, -0.1) is 5.73 Å². The zero-order valence-electron chi connectivity index (χ0n) is 9.10. The maximum atomic E-state index is 8.92. The number of nitriles is 1. The summed E-state index contributed by atoms with van der Waals surface area (Å²) < 4.78 is 0. The molecule has 14 heavy (non-hydrogen) atoms. The predicted octanol–water partition coefficient (Wildman–Crippen LogP) is 4.12. The van der Waals surface area contributed by atoms with E-state index in [-0.39, 0.29) is 0 Å². The Morgan fingerprint density at radius 1 is 1.29 bits per heavy atom. The number of hydrogen-bond donors (Lipinski definition) is 0. The maximum Gasteiger partial charge on any atom is 0.103 e. The first-order valence-corrected chi connectivity index (χ1v) is 5.74. The van der Waals surface area contributed by atoms with Gasteiger partial charge < -0.3 is 0 Å². The topological polar surface area (TPSA) is 23.8 Å². The molecule has 0 bridgehead atoms. The van der Waals surface area contributed by atoms with Crippen LogP contribution in [0.2, 0.25) is 0 Å². The van der Waals surface area contributed by atoms with Crippen molar-refractivity contribution < 1.29 is 0 Å². The van der Waals surface area contributed by atoms with Crippen LogP contribution in [-0.2, 0) is 0 Å². The first-order valence-electron chi connectivity index (χ1n) is 5.74. The van der Waals surface area contributed by atoms with Crippen LogP contribution in [-0.4, -0.2) is 0 Å². The molecular formula is C13H19N. The lowest BCUT2D eigenvalue weighted by atomic mass is 9.94. The van der Waals surface area contributed by atoms with Gasteiger partial charge in [-0.25, -0.2) is 0 Å². The molecule has 0 saturated heterocycles. The molecule has 0 spiro atoms. The highest BCUT2D eigenvalue weighted by Gasteiger charge is 2.04. The summed E-state index contributed by atoms with van der Waals surface area (Å²) in [5.74, 6) is 0. The molecule has 0 aliphatic heterocycles. The number of unbranched alkanes of at least 4 members (excludes halogenated alkanes) is 1. The summed E-state index contributed by atoms with van der Waals surface area (Å²) in [5.41, 5.74) is 5.56. The highest BCUT2D eigenvalue weighted by molar-refractivity contribution is 5.23. The fourth-order valence-electron chi connectivity index (χ4n) is 1.82. The van der Waals surface area contributed by atoms with Gasteiger partial charge in [0.1, 0.15) is 6.07 Å². The summed E-state index contributed by atoms with van der Waals surface area (Å²) in [7, 11) is 0. The van der Waals surface area contributed by atoms with E-state index in [0.717, 1.165) is 37.7 Å². The minimum Gasteiger partial charge on any atom is -0.192 e. The lowest BCUT2D eigenvalue weighted by molar-refractivity contribution is 0.599. The summed E-state index contributed by atoms with van der Waals surface area (Å²) in [4.78, 5) is 0. The van der Waals surface area contributed by atoms with Crippen molar-refractivity contribution in [2.75, 3.05) is 0 Å². The van der Waals surface area contributed by atoms with E-state index in [1.165, 1.54) is 24.8 Å². The molecule has 1 nitrogen and oxygen atoms in total. The minimum absolute atomic E-state index is 0.865. The van der Waals surface area contributed by atoms with Gasteiger partial charge >= 0.3 is 0 Å². The van der Waals surface area contributed by atoms with Gasteiger partial charge in [-0.05, 0) is 44.1 Å². The van der Waals surface area contributed by atoms with Crippen molar-refractivity contribution in [3.05, 3.63) is 16.9 Å². The quantitative estimate of drug-likeness (QED) is 0.484. The average molecular weight is 189 g/mol. The normalized spacial score (nSPS) is 15.9. The summed E-state index contributed by atoms with van der Waals surface area (Å²) >= 11 is 0. The van der Waals surface area contributed by atoms with Gasteiger partial charge in [-0.3, -0.25) is 0 Å². The van der Waals surface area contributed by atoms with Crippen LogP contribution < -0.4 is 0 Å². The zero-order valence-corrected chi connectivity index (χ0v) is 9.10. The van der Waals surface area contributed by atoms with E-state index in [9.17, 15) is 0 Å². The van der Waals surface area contributed by atoms with Crippen LogP contribution in [0.25, 0.3) is 0 Å². The summed E-state index contributed by atoms with van der Waals surface area (Å²) in [6.07, 6.45) is 9.43. The van der Waals surface area contributed by atoms with E-state index < -0.39 is 0 Å². The molecule has 0 N–H and O–H groups in total. The third-order valence-corrected chi connectivity index (χ3v) is 2.70. The van der Waals surface area contributed by atoms with Crippen LogP contribution in [0.5, 0.6) is 0 Å². The van der Waals surface area contributed by atoms with Crippen LogP contribution in [0.15, 0.2) is 16.9 Å². The largest absolute Gasteiger partial charge is 0.192 e. The molecule has 0 atom stereocenters. The fourth-order valence-corrected chi connectivity index (χ4v) is 1.82. The van der Waals surface area contributed by atoms with Crippen molar-refractivity contribution in [1.29, 1.82) is 5.26 Å². The van der Waals surface area contributed by atoms with Crippen molar-refractivity contribution in [2.24, 2.45) is 0 Å². The van der Waals surface area contributed by atoms with Crippen molar-refractivity contribution in [3.8, 4) is 6.07 Å². The Morgan fingerprint density at radius 3 is 2.57 bits per heavy atom. The molecule has 1 saturated carbocycles. The summed E-state index contributed by atoms with van der Waals surface area (Å²) in [6, 6.07) is 2.27. The molecule has 0 aromatic rings. The van der Waals surface area contributed by atoms with Crippen LogP contribution in [0.4, 0.5) is 0 Å². The Hall–Kier alpha value is -0.990. The first kappa shape index (κ1) is 11.1. The van der Waals surface area contributed by atoms with Gasteiger partial charge in [0.15, 0.2) is 0 Å². The van der Waals surface area contributed by atoms with Crippen molar-refractivity contribution >= 4 is 0 Å². The van der Waals surface area contributed by atoms with Crippen molar-refractivity contribution in [1.82, 2.24) is 0 Å². The molecule has 1 rings (SSSR count). The number of hydrogen-bond acceptors (Lipinski definition) is 1. The van der Waals surface area contributed by atoms with E-state index in [2.05, 4.69) is 18.7 Å². The summed E-state index contributed by atoms with van der Waals surface area (Å²) in [6.45, 7) is 2.16. The van der Waals surface area contributed by atoms with Crippen molar-refractivity contribution in [3.63, 3.8) is 0 Å². The average Bonchev–Trinajstić information content (AvgIpc) is 2.25. The first-order chi connectivity index (χ1) is 6.86. The highest BCUT2D eigenvalue weighted by Crippen LogP contribution is 2.22. The Balaban J connectivity index is 2.64. The second-order valence-electron chi connectivity index (χ2n) is 3.98. The minimum atomic E-state index is 0.865. The molecule has 0 unspecified atom stereocenters. The van der Waals surface area contributed by atoms with Crippen LogP contribution in [0.1, 0.15) is 58.3 Å². The maximum absolute atomic E-state index is 8.92. The molecule has 1 aliphatic carbocycles. The predicted molar refractivity (Wildman–Crippen MR) is 58.8 cm³/mol. The molecule has 1 fully saturated rings. The van der Waals surface area contributed by atoms with E-state index in [1.807, 2.05) is 0 Å². The van der Waals surface area contributed by atoms with E-state index >= 15 is 0 Å². The van der Waals surface area contributed by atoms with Gasteiger partial charge in [-0.1, -0.05) is 19.8 Å². The lowest BCUT2D eigenvalue weighted by Crippen LogP contribution is -1.92. The van der Waals surface area contributed by atoms with Gasteiger partial charge in [0.05, 0.1) is 5.57 Å². The summed E-state index contributed by atoms with van der Waals surface area (Å²) in [5, 5.41) is 8.92. The molecule has 76 valence electrons. The Kier molecular flexibility index (Phi) is 5.12.